The number of rotatable bonds is 4. The normalized spacial score (nSPS) is 10.4. The highest BCUT2D eigenvalue weighted by Gasteiger charge is 2.19. The largest absolute Gasteiger partial charge is 0.456 e. The molecule has 0 bridgehead atoms. The number of halogens is 2. The molecule has 0 aliphatic carbocycles. The van der Waals surface area contributed by atoms with Crippen LogP contribution in [0.3, 0.4) is 0 Å². The summed E-state index contributed by atoms with van der Waals surface area (Å²) < 4.78 is 19.8. The second-order valence-corrected chi connectivity index (χ2v) is 5.12. The standard InChI is InChI=1S/C13H10BrFN2O4/c1-16-6-10(17(19)20)5-12(16)13(18)21-7-8-2-3-9(15)4-11(8)14/h2-6H,7H2,1H3. The minimum absolute atomic E-state index is 0.0694. The van der Waals surface area contributed by atoms with Crippen LogP contribution in [0.1, 0.15) is 16.1 Å². The molecule has 0 amide bonds. The molecule has 0 saturated heterocycles. The number of aryl methyl sites for hydroxylation is 1. The summed E-state index contributed by atoms with van der Waals surface area (Å²) in [5.41, 5.74) is 0.473. The van der Waals surface area contributed by atoms with Crippen molar-refractivity contribution in [3.63, 3.8) is 0 Å². The van der Waals surface area contributed by atoms with Crippen LogP contribution in [0.15, 0.2) is 34.9 Å². The lowest BCUT2D eigenvalue weighted by Gasteiger charge is -2.07. The maximum absolute atomic E-state index is 12.9. The maximum atomic E-state index is 12.9. The third-order valence-corrected chi connectivity index (χ3v) is 3.52. The molecule has 110 valence electrons. The van der Waals surface area contributed by atoms with Crippen molar-refractivity contribution in [3.8, 4) is 0 Å². The van der Waals surface area contributed by atoms with Crippen molar-refractivity contribution in [1.82, 2.24) is 4.57 Å². The Balaban J connectivity index is 2.10. The van der Waals surface area contributed by atoms with E-state index in [9.17, 15) is 19.3 Å². The van der Waals surface area contributed by atoms with Gasteiger partial charge < -0.3 is 9.30 Å². The summed E-state index contributed by atoms with van der Waals surface area (Å²) in [7, 11) is 1.51. The number of benzene rings is 1. The van der Waals surface area contributed by atoms with Crippen molar-refractivity contribution in [3.05, 3.63) is 62.1 Å². The summed E-state index contributed by atoms with van der Waals surface area (Å²) in [6.45, 7) is -0.0708. The molecular weight excluding hydrogens is 347 g/mol. The first-order valence-corrected chi connectivity index (χ1v) is 6.59. The third kappa shape index (κ3) is 3.46. The van der Waals surface area contributed by atoms with E-state index in [2.05, 4.69) is 15.9 Å². The molecule has 6 nitrogen and oxygen atoms in total. The van der Waals surface area contributed by atoms with Crippen LogP contribution in [0.4, 0.5) is 10.1 Å². The van der Waals surface area contributed by atoms with Gasteiger partial charge in [0.25, 0.3) is 5.69 Å². The first kappa shape index (κ1) is 15.2. The second kappa shape index (κ2) is 6.04. The van der Waals surface area contributed by atoms with Crippen molar-refractivity contribution >= 4 is 27.6 Å². The molecule has 2 rings (SSSR count). The average Bonchev–Trinajstić information content (AvgIpc) is 2.80. The minimum Gasteiger partial charge on any atom is -0.456 e. The van der Waals surface area contributed by atoms with Crippen molar-refractivity contribution in [2.24, 2.45) is 7.05 Å². The Bertz CT molecular complexity index is 714. The van der Waals surface area contributed by atoms with E-state index in [4.69, 9.17) is 4.74 Å². The van der Waals surface area contributed by atoms with Crippen molar-refractivity contribution in [1.29, 1.82) is 0 Å². The molecule has 0 aliphatic rings. The first-order chi connectivity index (χ1) is 9.88. The molecule has 8 heteroatoms. The predicted molar refractivity (Wildman–Crippen MR) is 75.3 cm³/mol. The summed E-state index contributed by atoms with van der Waals surface area (Å²) >= 11 is 3.17. The Labute approximate surface area is 127 Å². The van der Waals surface area contributed by atoms with E-state index >= 15 is 0 Å². The van der Waals surface area contributed by atoms with E-state index in [1.54, 1.807) is 0 Å². The van der Waals surface area contributed by atoms with E-state index in [1.807, 2.05) is 0 Å². The highest BCUT2D eigenvalue weighted by atomic mass is 79.9. The molecule has 1 heterocycles. The van der Waals surface area contributed by atoms with Crippen LogP contribution in [0, 0.1) is 15.9 Å². The van der Waals surface area contributed by atoms with E-state index in [0.717, 1.165) is 6.07 Å². The van der Waals surface area contributed by atoms with Gasteiger partial charge >= 0.3 is 5.97 Å². The molecule has 0 fully saturated rings. The van der Waals surface area contributed by atoms with Crippen LogP contribution >= 0.6 is 15.9 Å². The van der Waals surface area contributed by atoms with E-state index in [-0.39, 0.29) is 18.0 Å². The Morgan fingerprint density at radius 1 is 1.48 bits per heavy atom. The Morgan fingerprint density at radius 2 is 2.19 bits per heavy atom. The lowest BCUT2D eigenvalue weighted by atomic mass is 10.2. The number of ether oxygens (including phenoxy) is 1. The maximum Gasteiger partial charge on any atom is 0.355 e. The molecule has 0 atom stereocenters. The predicted octanol–water partition coefficient (Wildman–Crippen LogP) is 3.19. The molecule has 0 saturated carbocycles. The monoisotopic (exact) mass is 356 g/mol. The molecule has 0 radical (unpaired) electrons. The fraction of sp³-hybridized carbons (Fsp3) is 0.154. The Kier molecular flexibility index (Phi) is 4.37. The van der Waals surface area contributed by atoms with Crippen LogP contribution in [0.5, 0.6) is 0 Å². The van der Waals surface area contributed by atoms with Crippen molar-refractivity contribution in [2.75, 3.05) is 0 Å². The van der Waals surface area contributed by atoms with Gasteiger partial charge in [-0.25, -0.2) is 9.18 Å². The highest BCUT2D eigenvalue weighted by Crippen LogP contribution is 2.20. The Morgan fingerprint density at radius 3 is 2.76 bits per heavy atom. The lowest BCUT2D eigenvalue weighted by molar-refractivity contribution is -0.384. The van der Waals surface area contributed by atoms with Crippen LogP contribution in [-0.2, 0) is 18.4 Å². The summed E-state index contributed by atoms with van der Waals surface area (Å²) in [5.74, 6) is -1.10. The topological polar surface area (TPSA) is 74.4 Å². The van der Waals surface area contributed by atoms with Gasteiger partial charge in [0.2, 0.25) is 0 Å². The van der Waals surface area contributed by atoms with E-state index in [0.29, 0.717) is 10.0 Å². The zero-order chi connectivity index (χ0) is 15.6. The zero-order valence-corrected chi connectivity index (χ0v) is 12.5. The number of esters is 1. The van der Waals surface area contributed by atoms with Gasteiger partial charge in [0, 0.05) is 23.2 Å². The van der Waals surface area contributed by atoms with Gasteiger partial charge in [-0.3, -0.25) is 10.1 Å². The summed E-state index contributed by atoms with van der Waals surface area (Å²) in [6.07, 6.45) is 1.23. The second-order valence-electron chi connectivity index (χ2n) is 4.26. The molecular formula is C13H10BrFN2O4. The number of hydrogen-bond acceptors (Lipinski definition) is 4. The lowest BCUT2D eigenvalue weighted by Crippen LogP contribution is -2.09. The number of nitro groups is 1. The fourth-order valence-electron chi connectivity index (χ4n) is 1.71. The molecule has 0 N–H and O–H groups in total. The number of carbonyl (C=O) groups is 1. The fourth-order valence-corrected chi connectivity index (χ4v) is 2.17. The molecule has 21 heavy (non-hydrogen) atoms. The third-order valence-electron chi connectivity index (χ3n) is 2.78. The summed E-state index contributed by atoms with van der Waals surface area (Å²) in [5, 5.41) is 10.6. The van der Waals surface area contributed by atoms with Crippen LogP contribution in [0.25, 0.3) is 0 Å². The van der Waals surface area contributed by atoms with Crippen LogP contribution in [-0.4, -0.2) is 15.5 Å². The smallest absolute Gasteiger partial charge is 0.355 e. The molecule has 0 unspecified atom stereocenters. The zero-order valence-electron chi connectivity index (χ0n) is 10.9. The van der Waals surface area contributed by atoms with Crippen molar-refractivity contribution in [2.45, 2.75) is 6.61 Å². The minimum atomic E-state index is -0.693. The molecule has 0 spiro atoms. The van der Waals surface area contributed by atoms with Gasteiger partial charge in [0.05, 0.1) is 11.1 Å². The number of aromatic nitrogens is 1. The van der Waals surface area contributed by atoms with Crippen LogP contribution < -0.4 is 0 Å². The quantitative estimate of drug-likeness (QED) is 0.479. The first-order valence-electron chi connectivity index (χ1n) is 5.80. The SMILES string of the molecule is Cn1cc([N+](=O)[O-])cc1C(=O)OCc1ccc(F)cc1Br. The van der Waals surface area contributed by atoms with Gasteiger partial charge in [0.15, 0.2) is 0 Å². The molecule has 2 aromatic rings. The Hall–Kier alpha value is -2.22. The van der Waals surface area contributed by atoms with Gasteiger partial charge in [-0.2, -0.15) is 0 Å². The van der Waals surface area contributed by atoms with Gasteiger partial charge in [0.1, 0.15) is 18.1 Å². The number of nitrogens with zero attached hydrogens (tertiary/aromatic N) is 2. The van der Waals surface area contributed by atoms with Gasteiger partial charge in [-0.05, 0) is 12.1 Å². The summed E-state index contributed by atoms with van der Waals surface area (Å²) in [6, 6.07) is 5.14. The van der Waals surface area contributed by atoms with Gasteiger partial charge in [-0.15, -0.1) is 0 Å². The van der Waals surface area contributed by atoms with Crippen LogP contribution in [0.2, 0.25) is 0 Å². The number of hydrogen-bond donors (Lipinski definition) is 0. The van der Waals surface area contributed by atoms with E-state index in [1.165, 1.54) is 36.0 Å². The molecule has 1 aromatic heterocycles. The molecule has 1 aromatic carbocycles. The van der Waals surface area contributed by atoms with Crippen molar-refractivity contribution < 1.29 is 18.8 Å². The van der Waals surface area contributed by atoms with Gasteiger partial charge in [-0.1, -0.05) is 22.0 Å². The summed E-state index contributed by atoms with van der Waals surface area (Å²) in [4.78, 5) is 22.0. The molecule has 0 aliphatic heterocycles. The van der Waals surface area contributed by atoms with E-state index < -0.39 is 16.7 Å². The highest BCUT2D eigenvalue weighted by molar-refractivity contribution is 9.10. The average molecular weight is 357 g/mol. The number of carbonyl (C=O) groups excluding carboxylic acids is 1.